The molecule has 2 rings (SSSR count). The second-order valence-corrected chi connectivity index (χ2v) is 6.09. The van der Waals surface area contributed by atoms with Crippen LogP contribution in [0.5, 0.6) is 5.75 Å². The average Bonchev–Trinajstić information content (AvgIpc) is 2.62. The Hall–Kier alpha value is -3.45. The van der Waals surface area contributed by atoms with E-state index in [9.17, 15) is 18.5 Å². The molecule has 0 aliphatic carbocycles. The van der Waals surface area contributed by atoms with Crippen molar-refractivity contribution in [3.05, 3.63) is 64.2 Å². The van der Waals surface area contributed by atoms with Crippen molar-refractivity contribution >= 4 is 21.5 Å². The fraction of sp³-hybridized carbons (Fsp3) is 0.0667. The van der Waals surface area contributed by atoms with Gasteiger partial charge in [0.2, 0.25) is 0 Å². The van der Waals surface area contributed by atoms with E-state index in [4.69, 9.17) is 10.00 Å². The quantitative estimate of drug-likeness (QED) is 0.438. The van der Waals surface area contributed by atoms with Gasteiger partial charge in [-0.3, -0.25) is 14.4 Å². The number of non-ortho nitro benzene ring substituents is 1. The van der Waals surface area contributed by atoms with Gasteiger partial charge in [0.05, 0.1) is 12.0 Å². The average molecular weight is 361 g/mol. The van der Waals surface area contributed by atoms with Crippen LogP contribution in [0.2, 0.25) is 0 Å². The molecule has 0 bridgehead atoms. The van der Waals surface area contributed by atoms with Crippen molar-refractivity contribution in [3.63, 3.8) is 0 Å². The lowest BCUT2D eigenvalue weighted by Crippen LogP contribution is -2.06. The van der Waals surface area contributed by atoms with Gasteiger partial charge in [-0.15, -0.1) is 0 Å². The molecule has 0 atom stereocenters. The largest absolute Gasteiger partial charge is 0.497 e. The third-order valence-electron chi connectivity index (χ3n) is 3.03. The van der Waals surface area contributed by atoms with E-state index in [1.54, 1.807) is 18.2 Å². The first-order valence-corrected chi connectivity index (χ1v) is 8.09. The Morgan fingerprint density at radius 2 is 1.76 bits per heavy atom. The van der Waals surface area contributed by atoms with Gasteiger partial charge in [-0.25, -0.2) is 0 Å². The fourth-order valence-electron chi connectivity index (χ4n) is 1.75. The molecule has 0 N–H and O–H groups in total. The highest BCUT2D eigenvalue weighted by molar-refractivity contribution is 7.86. The molecule has 9 nitrogen and oxygen atoms in total. The number of benzene rings is 2. The summed E-state index contributed by atoms with van der Waals surface area (Å²) in [5, 5.41) is 23.1. The summed E-state index contributed by atoms with van der Waals surface area (Å²) >= 11 is 0. The molecule has 0 unspecified atom stereocenters. The molecule has 0 spiro atoms. The fourth-order valence-corrected chi connectivity index (χ4v) is 2.48. The molecule has 0 saturated heterocycles. The van der Waals surface area contributed by atoms with Gasteiger partial charge in [-0.2, -0.15) is 13.7 Å². The number of rotatable bonds is 6. The number of ether oxygens (including phenoxy) is 1. The Balaban J connectivity index is 2.24. The molecule has 25 heavy (non-hydrogen) atoms. The first-order chi connectivity index (χ1) is 11.9. The number of hydrogen-bond donors (Lipinski definition) is 0. The summed E-state index contributed by atoms with van der Waals surface area (Å²) in [4.78, 5) is 9.59. The lowest BCUT2D eigenvalue weighted by atomic mass is 10.1. The summed E-state index contributed by atoms with van der Waals surface area (Å²) < 4.78 is 33.6. The van der Waals surface area contributed by atoms with Crippen LogP contribution in [0.3, 0.4) is 0 Å². The summed E-state index contributed by atoms with van der Waals surface area (Å²) in [5.74, 6) is 0.556. The summed E-state index contributed by atoms with van der Waals surface area (Å²) in [7, 11) is -2.83. The van der Waals surface area contributed by atoms with E-state index in [1.807, 2.05) is 0 Å². The van der Waals surface area contributed by atoms with E-state index in [0.717, 1.165) is 24.3 Å². The van der Waals surface area contributed by atoms with E-state index >= 15 is 0 Å². The number of nitriles is 1. The number of nitro benzene ring substituents is 1. The van der Waals surface area contributed by atoms with Gasteiger partial charge in [0, 0.05) is 17.7 Å². The van der Waals surface area contributed by atoms with Crippen LogP contribution in [0.15, 0.2) is 58.6 Å². The topological polar surface area (TPSA) is 132 Å². The molecule has 0 radical (unpaired) electrons. The van der Waals surface area contributed by atoms with Gasteiger partial charge >= 0.3 is 10.1 Å². The normalized spacial score (nSPS) is 11.4. The van der Waals surface area contributed by atoms with Crippen molar-refractivity contribution in [2.75, 3.05) is 7.11 Å². The lowest BCUT2D eigenvalue weighted by Gasteiger charge is -2.03. The first-order valence-electron chi connectivity index (χ1n) is 6.68. The number of oxime groups is 1. The molecule has 10 heteroatoms. The van der Waals surface area contributed by atoms with Gasteiger partial charge < -0.3 is 4.74 Å². The zero-order chi connectivity index (χ0) is 18.4. The van der Waals surface area contributed by atoms with E-state index in [-0.39, 0.29) is 16.3 Å². The first kappa shape index (κ1) is 17.9. The summed E-state index contributed by atoms with van der Waals surface area (Å²) in [5.41, 5.74) is -0.186. The lowest BCUT2D eigenvalue weighted by molar-refractivity contribution is -0.384. The maximum atomic E-state index is 12.0. The zero-order valence-corrected chi connectivity index (χ0v) is 13.6. The zero-order valence-electron chi connectivity index (χ0n) is 12.8. The van der Waals surface area contributed by atoms with Gasteiger partial charge in [0.1, 0.15) is 16.7 Å². The van der Waals surface area contributed by atoms with Crippen molar-refractivity contribution in [1.29, 1.82) is 5.26 Å². The predicted octanol–water partition coefficient (Wildman–Crippen LogP) is 2.24. The molecule has 0 aliphatic rings. The van der Waals surface area contributed by atoms with Crippen LogP contribution in [-0.4, -0.2) is 26.2 Å². The van der Waals surface area contributed by atoms with Gasteiger partial charge in [0.25, 0.3) is 5.69 Å². The second-order valence-electron chi connectivity index (χ2n) is 4.56. The summed E-state index contributed by atoms with van der Waals surface area (Å²) in [6.45, 7) is 0. The number of nitrogens with zero attached hydrogens (tertiary/aromatic N) is 3. The Labute approximate surface area is 143 Å². The van der Waals surface area contributed by atoms with Crippen LogP contribution in [0, 0.1) is 21.4 Å². The minimum absolute atomic E-state index is 0.256. The van der Waals surface area contributed by atoms with Crippen molar-refractivity contribution in [3.8, 4) is 11.8 Å². The molecular weight excluding hydrogens is 350 g/mol. The van der Waals surface area contributed by atoms with E-state index in [1.165, 1.54) is 19.2 Å². The maximum Gasteiger partial charge on any atom is 0.358 e. The van der Waals surface area contributed by atoms with Crippen molar-refractivity contribution in [2.45, 2.75) is 4.90 Å². The minimum Gasteiger partial charge on any atom is -0.497 e. The molecule has 0 heterocycles. The number of nitro groups is 1. The number of methoxy groups -OCH3 is 1. The standard InChI is InChI=1S/C15H11N3O6S/c1-23-13-6-2-11(3-7-13)15(10-16)17-24-25(21,22)14-8-4-12(5-9-14)18(19)20/h2-9H,1H3. The second kappa shape index (κ2) is 7.41. The van der Waals surface area contributed by atoms with Crippen LogP contribution in [0.4, 0.5) is 5.69 Å². The van der Waals surface area contributed by atoms with Crippen LogP contribution in [0.1, 0.15) is 5.56 Å². The van der Waals surface area contributed by atoms with Crippen LogP contribution in [-0.2, 0) is 14.4 Å². The van der Waals surface area contributed by atoms with E-state index < -0.39 is 15.0 Å². The maximum absolute atomic E-state index is 12.0. The minimum atomic E-state index is -4.31. The van der Waals surface area contributed by atoms with Crippen molar-refractivity contribution < 1.29 is 22.4 Å². The van der Waals surface area contributed by atoms with Crippen molar-refractivity contribution in [2.24, 2.45) is 5.16 Å². The summed E-state index contributed by atoms with van der Waals surface area (Å²) in [6.07, 6.45) is 0. The summed E-state index contributed by atoms with van der Waals surface area (Å²) in [6, 6.07) is 12.0. The van der Waals surface area contributed by atoms with Crippen molar-refractivity contribution in [1.82, 2.24) is 0 Å². The molecular formula is C15H11N3O6S. The third-order valence-corrected chi connectivity index (χ3v) is 4.15. The Kier molecular flexibility index (Phi) is 5.31. The highest BCUT2D eigenvalue weighted by Gasteiger charge is 2.18. The highest BCUT2D eigenvalue weighted by Crippen LogP contribution is 2.18. The van der Waals surface area contributed by atoms with Crippen LogP contribution >= 0.6 is 0 Å². The molecule has 2 aromatic rings. The SMILES string of the molecule is COc1ccc(C(C#N)=NOS(=O)(=O)c2ccc([N+](=O)[O-])cc2)cc1. The number of hydrogen-bond acceptors (Lipinski definition) is 8. The van der Waals surface area contributed by atoms with Gasteiger partial charge in [0.15, 0.2) is 5.71 Å². The third kappa shape index (κ3) is 4.30. The Morgan fingerprint density at radius 1 is 1.16 bits per heavy atom. The Bertz CT molecular complexity index is 944. The highest BCUT2D eigenvalue weighted by atomic mass is 32.2. The Morgan fingerprint density at radius 3 is 2.24 bits per heavy atom. The van der Waals surface area contributed by atoms with E-state index in [0.29, 0.717) is 11.3 Å². The molecule has 0 amide bonds. The van der Waals surface area contributed by atoms with Crippen LogP contribution in [0.25, 0.3) is 0 Å². The molecule has 0 fully saturated rings. The smallest absolute Gasteiger partial charge is 0.358 e. The molecule has 0 aromatic heterocycles. The molecule has 2 aromatic carbocycles. The monoisotopic (exact) mass is 361 g/mol. The predicted molar refractivity (Wildman–Crippen MR) is 86.5 cm³/mol. The molecule has 0 saturated carbocycles. The van der Waals surface area contributed by atoms with Gasteiger partial charge in [-0.1, -0.05) is 5.16 Å². The molecule has 0 aliphatic heterocycles. The van der Waals surface area contributed by atoms with E-state index in [2.05, 4.69) is 9.44 Å². The molecule has 128 valence electrons. The van der Waals surface area contributed by atoms with Gasteiger partial charge in [-0.05, 0) is 36.4 Å². The van der Waals surface area contributed by atoms with Crippen LogP contribution < -0.4 is 4.74 Å².